The summed E-state index contributed by atoms with van der Waals surface area (Å²) in [4.78, 5) is 16.5. The van der Waals surface area contributed by atoms with Crippen molar-refractivity contribution in [1.29, 1.82) is 0 Å². The first-order chi connectivity index (χ1) is 13.6. The minimum atomic E-state index is -0.513. The van der Waals surface area contributed by atoms with Gasteiger partial charge in [-0.05, 0) is 31.0 Å². The third-order valence-electron chi connectivity index (χ3n) is 7.34. The molecule has 0 radical (unpaired) electrons. The highest BCUT2D eigenvalue weighted by Crippen LogP contribution is 2.54. The molecule has 29 heavy (non-hydrogen) atoms. The monoisotopic (exact) mass is 421 g/mol. The average molecular weight is 422 g/mol. The molecule has 1 saturated heterocycles. The van der Waals surface area contributed by atoms with E-state index in [1.807, 2.05) is 17.0 Å². The second-order valence-corrected chi connectivity index (χ2v) is 9.57. The highest BCUT2D eigenvalue weighted by Gasteiger charge is 2.51. The van der Waals surface area contributed by atoms with Crippen LogP contribution in [0.4, 0.5) is 0 Å². The number of aromatic hydroxyl groups is 1. The third-order valence-corrected chi connectivity index (χ3v) is 7.74. The van der Waals surface area contributed by atoms with Gasteiger partial charge >= 0.3 is 0 Å². The SMILES string of the molecule is CC1c2cc(O)ccc2OC(C)(CCN2CCN(C(=O)C(N)CS)CC2)C1(C)C. The number of amides is 1. The molecule has 0 aromatic heterocycles. The van der Waals surface area contributed by atoms with Crippen LogP contribution in [-0.2, 0) is 4.79 Å². The van der Waals surface area contributed by atoms with Crippen LogP contribution < -0.4 is 10.5 Å². The molecule has 1 fully saturated rings. The maximum atomic E-state index is 12.2. The van der Waals surface area contributed by atoms with E-state index in [1.165, 1.54) is 0 Å². The van der Waals surface area contributed by atoms with Gasteiger partial charge in [-0.1, -0.05) is 20.8 Å². The van der Waals surface area contributed by atoms with Crippen LogP contribution in [0, 0.1) is 5.41 Å². The Morgan fingerprint density at radius 2 is 1.97 bits per heavy atom. The third kappa shape index (κ3) is 4.23. The van der Waals surface area contributed by atoms with Crippen LogP contribution in [0.25, 0.3) is 0 Å². The largest absolute Gasteiger partial charge is 0.508 e. The lowest BCUT2D eigenvalue weighted by Crippen LogP contribution is -2.56. The van der Waals surface area contributed by atoms with Crippen molar-refractivity contribution in [2.24, 2.45) is 11.1 Å². The molecular formula is C22H35N3O3S. The number of nitrogens with zero attached hydrogens (tertiary/aromatic N) is 2. The van der Waals surface area contributed by atoms with E-state index < -0.39 is 6.04 Å². The molecule has 0 bridgehead atoms. The molecule has 2 heterocycles. The molecule has 2 aliphatic heterocycles. The molecule has 6 nitrogen and oxygen atoms in total. The molecule has 7 heteroatoms. The number of ether oxygens (including phenoxy) is 1. The van der Waals surface area contributed by atoms with Crippen LogP contribution in [0.3, 0.4) is 0 Å². The van der Waals surface area contributed by atoms with Gasteiger partial charge in [-0.25, -0.2) is 0 Å². The van der Waals surface area contributed by atoms with Crippen molar-refractivity contribution in [2.75, 3.05) is 38.5 Å². The Kier molecular flexibility index (Phi) is 6.41. The summed E-state index contributed by atoms with van der Waals surface area (Å²) in [5, 5.41) is 9.89. The quantitative estimate of drug-likeness (QED) is 0.637. The van der Waals surface area contributed by atoms with Crippen molar-refractivity contribution in [3.63, 3.8) is 0 Å². The predicted octanol–water partition coefficient (Wildman–Crippen LogP) is 2.46. The first kappa shape index (κ1) is 22.2. The fourth-order valence-corrected chi connectivity index (χ4v) is 4.59. The van der Waals surface area contributed by atoms with Crippen molar-refractivity contribution in [3.8, 4) is 11.5 Å². The van der Waals surface area contributed by atoms with Crippen molar-refractivity contribution in [1.82, 2.24) is 9.80 Å². The number of hydrogen-bond donors (Lipinski definition) is 3. The van der Waals surface area contributed by atoms with E-state index in [4.69, 9.17) is 10.5 Å². The Labute approximate surface area is 179 Å². The number of piperazine rings is 1. The van der Waals surface area contributed by atoms with Crippen LogP contribution in [0.1, 0.15) is 45.6 Å². The summed E-state index contributed by atoms with van der Waals surface area (Å²) in [5.41, 5.74) is 6.49. The fraction of sp³-hybridized carbons (Fsp3) is 0.682. The molecule has 1 aromatic rings. The highest BCUT2D eigenvalue weighted by atomic mass is 32.1. The Balaban J connectivity index is 1.63. The standard InChI is InChI=1S/C22H35N3O3S/c1-15-17-13-16(26)5-6-19(17)28-22(4,21(15,2)3)7-8-24-9-11-25(12-10-24)20(27)18(23)14-29/h5-6,13,15,18,26,29H,7-12,14,23H2,1-4H3. The summed E-state index contributed by atoms with van der Waals surface area (Å²) >= 11 is 4.13. The number of phenolic OH excluding ortho intramolecular Hbond substituents is 1. The van der Waals surface area contributed by atoms with E-state index in [9.17, 15) is 9.90 Å². The molecule has 3 atom stereocenters. The van der Waals surface area contributed by atoms with Crippen molar-refractivity contribution >= 4 is 18.5 Å². The summed E-state index contributed by atoms with van der Waals surface area (Å²) in [5.74, 6) is 1.79. The van der Waals surface area contributed by atoms with Crippen molar-refractivity contribution in [3.05, 3.63) is 23.8 Å². The first-order valence-electron chi connectivity index (χ1n) is 10.5. The first-order valence-corrected chi connectivity index (χ1v) is 11.1. The lowest BCUT2D eigenvalue weighted by Gasteiger charge is -2.52. The lowest BCUT2D eigenvalue weighted by atomic mass is 9.62. The second kappa shape index (κ2) is 8.36. The van der Waals surface area contributed by atoms with E-state index in [1.54, 1.807) is 6.07 Å². The topological polar surface area (TPSA) is 79.0 Å². The molecule has 0 aliphatic carbocycles. The van der Waals surface area contributed by atoms with Gasteiger partial charge in [0.05, 0.1) is 6.04 Å². The minimum Gasteiger partial charge on any atom is -0.508 e. The van der Waals surface area contributed by atoms with Crippen molar-refractivity contribution < 1.29 is 14.6 Å². The Morgan fingerprint density at radius 3 is 2.59 bits per heavy atom. The molecule has 3 N–H and O–H groups in total. The van der Waals surface area contributed by atoms with Gasteiger partial charge in [-0.15, -0.1) is 0 Å². The summed E-state index contributed by atoms with van der Waals surface area (Å²) in [6, 6.07) is 4.88. The number of carbonyl (C=O) groups excluding carboxylic acids is 1. The Morgan fingerprint density at radius 1 is 1.31 bits per heavy atom. The van der Waals surface area contributed by atoms with Crippen LogP contribution in [0.2, 0.25) is 0 Å². The molecule has 3 rings (SSSR count). The van der Waals surface area contributed by atoms with Crippen LogP contribution in [-0.4, -0.2) is 70.9 Å². The van der Waals surface area contributed by atoms with Crippen LogP contribution in [0.5, 0.6) is 11.5 Å². The zero-order valence-corrected chi connectivity index (χ0v) is 18.9. The van der Waals surface area contributed by atoms with Crippen molar-refractivity contribution in [2.45, 2.75) is 51.7 Å². The van der Waals surface area contributed by atoms with Crippen LogP contribution in [0.15, 0.2) is 18.2 Å². The number of fused-ring (bicyclic) bond motifs is 1. The van der Waals surface area contributed by atoms with Gasteiger partial charge in [0.1, 0.15) is 17.1 Å². The zero-order valence-electron chi connectivity index (χ0n) is 18.0. The highest BCUT2D eigenvalue weighted by molar-refractivity contribution is 7.80. The Bertz CT molecular complexity index is 749. The van der Waals surface area contributed by atoms with E-state index in [-0.39, 0.29) is 28.6 Å². The predicted molar refractivity (Wildman–Crippen MR) is 119 cm³/mol. The minimum absolute atomic E-state index is 0.00274. The number of nitrogens with two attached hydrogens (primary N) is 1. The van der Waals surface area contributed by atoms with E-state index >= 15 is 0 Å². The van der Waals surface area contributed by atoms with Gasteiger partial charge in [0, 0.05) is 55.9 Å². The molecule has 162 valence electrons. The van der Waals surface area contributed by atoms with Gasteiger partial charge in [0.15, 0.2) is 0 Å². The molecular weight excluding hydrogens is 386 g/mol. The maximum absolute atomic E-state index is 12.2. The lowest BCUT2D eigenvalue weighted by molar-refractivity contribution is -0.134. The number of phenols is 1. The molecule has 1 amide bonds. The van der Waals surface area contributed by atoms with Gasteiger partial charge in [0.2, 0.25) is 5.91 Å². The molecule has 3 unspecified atom stereocenters. The number of benzene rings is 1. The van der Waals surface area contributed by atoms with Gasteiger partial charge in [-0.3, -0.25) is 9.69 Å². The normalized spacial score (nSPS) is 27.8. The average Bonchev–Trinajstić information content (AvgIpc) is 2.71. The summed E-state index contributed by atoms with van der Waals surface area (Å²) in [7, 11) is 0. The number of hydrogen-bond acceptors (Lipinski definition) is 6. The molecule has 1 aromatic carbocycles. The molecule has 0 saturated carbocycles. The van der Waals surface area contributed by atoms with Gasteiger partial charge in [-0.2, -0.15) is 12.6 Å². The Hall–Kier alpha value is -1.44. The number of carbonyl (C=O) groups is 1. The van der Waals surface area contributed by atoms with E-state index in [0.29, 0.717) is 18.8 Å². The maximum Gasteiger partial charge on any atom is 0.240 e. The van der Waals surface area contributed by atoms with E-state index in [2.05, 4.69) is 45.2 Å². The second-order valence-electron chi connectivity index (χ2n) is 9.20. The van der Waals surface area contributed by atoms with Crippen LogP contribution >= 0.6 is 12.6 Å². The van der Waals surface area contributed by atoms with Gasteiger partial charge in [0.25, 0.3) is 0 Å². The number of rotatable bonds is 5. The summed E-state index contributed by atoms with van der Waals surface area (Å²) in [6.07, 6.45) is 0.898. The summed E-state index contributed by atoms with van der Waals surface area (Å²) < 4.78 is 6.53. The molecule has 0 spiro atoms. The zero-order chi connectivity index (χ0) is 21.4. The van der Waals surface area contributed by atoms with Gasteiger partial charge < -0.3 is 20.5 Å². The number of thiol groups is 1. The molecule has 2 aliphatic rings. The summed E-state index contributed by atoms with van der Waals surface area (Å²) in [6.45, 7) is 12.9. The smallest absolute Gasteiger partial charge is 0.240 e. The fourth-order valence-electron chi connectivity index (χ4n) is 4.44. The van der Waals surface area contributed by atoms with E-state index in [0.717, 1.165) is 37.4 Å².